The molecule has 0 aliphatic carbocycles. The lowest BCUT2D eigenvalue weighted by molar-refractivity contribution is 0.122. The van der Waals surface area contributed by atoms with Crippen LogP contribution in [0.2, 0.25) is 0 Å². The van der Waals surface area contributed by atoms with Gasteiger partial charge < -0.3 is 19.6 Å². The highest BCUT2D eigenvalue weighted by Gasteiger charge is 2.15. The summed E-state index contributed by atoms with van der Waals surface area (Å²) in [5, 5.41) is 0. The highest BCUT2D eigenvalue weighted by molar-refractivity contribution is 5.92. The summed E-state index contributed by atoms with van der Waals surface area (Å²) in [6.45, 7) is 3.30. The molecule has 3 heterocycles. The van der Waals surface area contributed by atoms with Gasteiger partial charge in [-0.2, -0.15) is 0 Å². The molecule has 2 aromatic heterocycles. The van der Waals surface area contributed by atoms with E-state index in [9.17, 15) is 0 Å². The van der Waals surface area contributed by atoms with E-state index in [-0.39, 0.29) is 0 Å². The van der Waals surface area contributed by atoms with Crippen molar-refractivity contribution in [3.05, 3.63) is 18.5 Å². The van der Waals surface area contributed by atoms with Crippen molar-refractivity contribution in [2.24, 2.45) is 0 Å². The molecule has 0 saturated carbocycles. The fraction of sp³-hybridized carbons (Fsp3) is 0.333. The highest BCUT2D eigenvalue weighted by atomic mass is 16.5. The van der Waals surface area contributed by atoms with Gasteiger partial charge in [0.15, 0.2) is 0 Å². The van der Waals surface area contributed by atoms with E-state index in [0.717, 1.165) is 54.3 Å². The van der Waals surface area contributed by atoms with Crippen molar-refractivity contribution in [1.82, 2.24) is 19.9 Å². The monoisotopic (exact) mass is 243 g/mol. The number of aromatic nitrogens is 4. The number of hydrogen-bond donors (Lipinski definition) is 2. The standard InChI is InChI=1S/C12H13N5O/c1-3-18-4-2-17(1)12-15-10-5-8-9(14-7-13-8)6-11(10)16-12/h5-7H,1-4H2,(H,13,14)(H,15,16). The van der Waals surface area contributed by atoms with Crippen LogP contribution in [0.5, 0.6) is 0 Å². The Morgan fingerprint density at radius 2 is 2.00 bits per heavy atom. The number of fused-ring (bicyclic) bond motifs is 2. The number of nitrogens with zero attached hydrogens (tertiary/aromatic N) is 3. The van der Waals surface area contributed by atoms with Crippen LogP contribution in [0.4, 0.5) is 5.95 Å². The topological polar surface area (TPSA) is 69.8 Å². The van der Waals surface area contributed by atoms with Crippen LogP contribution in [0.15, 0.2) is 18.5 Å². The zero-order valence-corrected chi connectivity index (χ0v) is 9.81. The van der Waals surface area contributed by atoms with E-state index in [1.165, 1.54) is 0 Å². The molecule has 92 valence electrons. The van der Waals surface area contributed by atoms with Crippen molar-refractivity contribution in [1.29, 1.82) is 0 Å². The van der Waals surface area contributed by atoms with Crippen molar-refractivity contribution in [2.45, 2.75) is 0 Å². The summed E-state index contributed by atoms with van der Waals surface area (Å²) in [6.07, 6.45) is 1.70. The fourth-order valence-electron chi connectivity index (χ4n) is 2.35. The Bertz CT molecular complexity index is 647. The van der Waals surface area contributed by atoms with Gasteiger partial charge in [-0.15, -0.1) is 0 Å². The molecule has 2 N–H and O–H groups in total. The first kappa shape index (κ1) is 9.90. The second-order valence-corrected chi connectivity index (χ2v) is 4.45. The fourth-order valence-corrected chi connectivity index (χ4v) is 2.35. The minimum Gasteiger partial charge on any atom is -0.378 e. The predicted octanol–water partition coefficient (Wildman–Crippen LogP) is 1.28. The molecule has 1 aliphatic rings. The first-order valence-electron chi connectivity index (χ1n) is 6.06. The van der Waals surface area contributed by atoms with E-state index in [0.29, 0.717) is 0 Å². The number of rotatable bonds is 1. The van der Waals surface area contributed by atoms with Crippen molar-refractivity contribution in [3.8, 4) is 0 Å². The zero-order valence-electron chi connectivity index (χ0n) is 9.81. The van der Waals surface area contributed by atoms with E-state index in [1.54, 1.807) is 6.33 Å². The molecule has 0 radical (unpaired) electrons. The van der Waals surface area contributed by atoms with Crippen LogP contribution < -0.4 is 4.90 Å². The largest absolute Gasteiger partial charge is 0.378 e. The smallest absolute Gasteiger partial charge is 0.203 e. The summed E-state index contributed by atoms with van der Waals surface area (Å²) in [6, 6.07) is 4.05. The second kappa shape index (κ2) is 3.71. The summed E-state index contributed by atoms with van der Waals surface area (Å²) in [7, 11) is 0. The minimum absolute atomic E-state index is 0.763. The van der Waals surface area contributed by atoms with Gasteiger partial charge in [0, 0.05) is 13.1 Å². The summed E-state index contributed by atoms with van der Waals surface area (Å²) in [5.74, 6) is 0.918. The van der Waals surface area contributed by atoms with E-state index < -0.39 is 0 Å². The Labute approximate surface area is 103 Å². The van der Waals surface area contributed by atoms with Crippen LogP contribution >= 0.6 is 0 Å². The van der Waals surface area contributed by atoms with Crippen LogP contribution in [0.25, 0.3) is 22.1 Å². The third-order valence-corrected chi connectivity index (χ3v) is 3.32. The van der Waals surface area contributed by atoms with E-state index >= 15 is 0 Å². The maximum Gasteiger partial charge on any atom is 0.203 e. The Balaban J connectivity index is 1.82. The van der Waals surface area contributed by atoms with E-state index in [1.807, 2.05) is 6.07 Å². The van der Waals surface area contributed by atoms with Crippen molar-refractivity contribution in [3.63, 3.8) is 0 Å². The van der Waals surface area contributed by atoms with Crippen LogP contribution in [0, 0.1) is 0 Å². The Kier molecular flexibility index (Phi) is 2.04. The maximum absolute atomic E-state index is 5.35. The lowest BCUT2D eigenvalue weighted by Gasteiger charge is -2.26. The highest BCUT2D eigenvalue weighted by Crippen LogP contribution is 2.22. The normalized spacial score (nSPS) is 16.8. The number of aromatic amines is 2. The average Bonchev–Trinajstić information content (AvgIpc) is 3.01. The number of H-pyrrole nitrogens is 2. The molecule has 4 rings (SSSR count). The predicted molar refractivity (Wildman–Crippen MR) is 68.8 cm³/mol. The van der Waals surface area contributed by atoms with Gasteiger partial charge in [-0.25, -0.2) is 9.97 Å². The molecule has 1 saturated heterocycles. The minimum atomic E-state index is 0.763. The molecule has 0 spiro atoms. The van der Waals surface area contributed by atoms with E-state index in [2.05, 4.69) is 30.9 Å². The van der Waals surface area contributed by atoms with Gasteiger partial charge in [0.1, 0.15) is 0 Å². The average molecular weight is 243 g/mol. The molecule has 1 fully saturated rings. The van der Waals surface area contributed by atoms with Gasteiger partial charge in [0.2, 0.25) is 5.95 Å². The Morgan fingerprint density at radius 3 is 2.89 bits per heavy atom. The summed E-state index contributed by atoms with van der Waals surface area (Å²) in [4.78, 5) is 17.6. The molecule has 6 heteroatoms. The first-order valence-corrected chi connectivity index (χ1v) is 6.06. The van der Waals surface area contributed by atoms with Crippen LogP contribution in [-0.2, 0) is 4.74 Å². The SMILES string of the molecule is c1nc2cc3nc(N4CCOCC4)[nH]c3cc2[nH]1. The molecule has 0 amide bonds. The third-order valence-electron chi connectivity index (χ3n) is 3.32. The summed E-state index contributed by atoms with van der Waals surface area (Å²) < 4.78 is 5.35. The number of benzene rings is 1. The Hall–Kier alpha value is -2.08. The van der Waals surface area contributed by atoms with Gasteiger partial charge in [-0.3, -0.25) is 0 Å². The molecule has 0 atom stereocenters. The third kappa shape index (κ3) is 1.46. The summed E-state index contributed by atoms with van der Waals surface area (Å²) >= 11 is 0. The summed E-state index contributed by atoms with van der Waals surface area (Å²) in [5.41, 5.74) is 3.96. The zero-order chi connectivity index (χ0) is 11.9. The van der Waals surface area contributed by atoms with Gasteiger partial charge in [-0.1, -0.05) is 0 Å². The van der Waals surface area contributed by atoms with Crippen LogP contribution in [0.3, 0.4) is 0 Å². The van der Waals surface area contributed by atoms with Crippen LogP contribution in [-0.4, -0.2) is 46.2 Å². The van der Waals surface area contributed by atoms with E-state index in [4.69, 9.17) is 4.74 Å². The quantitative estimate of drug-likeness (QED) is 0.675. The number of morpholine rings is 1. The molecule has 1 aromatic carbocycles. The lowest BCUT2D eigenvalue weighted by atomic mass is 10.3. The van der Waals surface area contributed by atoms with Gasteiger partial charge in [0.05, 0.1) is 41.6 Å². The number of ether oxygens (including phenoxy) is 1. The molecule has 0 bridgehead atoms. The molecular weight excluding hydrogens is 230 g/mol. The van der Waals surface area contributed by atoms with Crippen LogP contribution in [0.1, 0.15) is 0 Å². The second-order valence-electron chi connectivity index (χ2n) is 4.45. The van der Waals surface area contributed by atoms with Gasteiger partial charge in [0.25, 0.3) is 0 Å². The molecule has 1 aliphatic heterocycles. The number of anilines is 1. The van der Waals surface area contributed by atoms with Gasteiger partial charge in [-0.05, 0) is 12.1 Å². The van der Waals surface area contributed by atoms with Crippen molar-refractivity contribution < 1.29 is 4.74 Å². The number of imidazole rings is 2. The molecule has 18 heavy (non-hydrogen) atoms. The molecular formula is C12H13N5O. The number of hydrogen-bond acceptors (Lipinski definition) is 4. The van der Waals surface area contributed by atoms with Crippen molar-refractivity contribution >= 4 is 28.0 Å². The first-order chi connectivity index (χ1) is 8.90. The molecule has 0 unspecified atom stereocenters. The Morgan fingerprint density at radius 1 is 1.11 bits per heavy atom. The molecule has 6 nitrogen and oxygen atoms in total. The maximum atomic E-state index is 5.35. The lowest BCUT2D eigenvalue weighted by Crippen LogP contribution is -2.36. The van der Waals surface area contributed by atoms with Gasteiger partial charge >= 0.3 is 0 Å². The number of nitrogens with one attached hydrogen (secondary N) is 2. The molecule has 3 aromatic rings. The van der Waals surface area contributed by atoms with Crippen molar-refractivity contribution in [2.75, 3.05) is 31.2 Å².